The monoisotopic (exact) mass is 347 g/mol. The molecule has 0 spiro atoms. The van der Waals surface area contributed by atoms with Gasteiger partial charge in [-0.05, 0) is 68.5 Å². The number of ether oxygens (including phenoxy) is 1. The van der Waals surface area contributed by atoms with Crippen LogP contribution in [0.25, 0.3) is 22.0 Å². The van der Waals surface area contributed by atoms with Crippen molar-refractivity contribution in [3.8, 4) is 16.9 Å². The molecule has 0 atom stereocenters. The predicted octanol–water partition coefficient (Wildman–Crippen LogP) is 6.70. The molecule has 2 nitrogen and oxygen atoms in total. The van der Waals surface area contributed by atoms with Crippen LogP contribution >= 0.6 is 0 Å². The predicted molar refractivity (Wildman–Crippen MR) is 111 cm³/mol. The minimum atomic E-state index is 0.763. The highest BCUT2D eigenvalue weighted by Crippen LogP contribution is 2.34. The van der Waals surface area contributed by atoms with Gasteiger partial charge in [0.2, 0.25) is 0 Å². The van der Waals surface area contributed by atoms with Crippen LogP contribution in [0, 0.1) is 27.7 Å². The van der Waals surface area contributed by atoms with Gasteiger partial charge in [0.15, 0.2) is 0 Å². The maximum atomic E-state index is 6.13. The van der Waals surface area contributed by atoms with E-state index >= 15 is 0 Å². The molecule has 0 fully saturated rings. The molecule has 0 bridgehead atoms. The average molecular weight is 348 g/mol. The van der Waals surface area contributed by atoms with Crippen molar-refractivity contribution in [1.29, 1.82) is 0 Å². The molecule has 0 amide bonds. The van der Waals surface area contributed by atoms with Gasteiger partial charge in [0, 0.05) is 17.1 Å². The summed E-state index contributed by atoms with van der Waals surface area (Å²) < 4.78 is 6.13. The average Bonchev–Trinajstić information content (AvgIpc) is 2.58. The summed E-state index contributed by atoms with van der Waals surface area (Å²) in [5.41, 5.74) is 8.48. The Hall–Kier alpha value is -2.35. The maximum Gasteiger partial charge on any atom is 0.130 e. The van der Waals surface area contributed by atoms with Gasteiger partial charge in [-0.3, -0.25) is 4.98 Å². The van der Waals surface area contributed by atoms with Gasteiger partial charge in [0.05, 0.1) is 12.1 Å². The van der Waals surface area contributed by atoms with Crippen molar-refractivity contribution in [3.05, 3.63) is 58.8 Å². The molecule has 1 aromatic heterocycles. The van der Waals surface area contributed by atoms with Crippen LogP contribution in [0.4, 0.5) is 0 Å². The number of hydrogen-bond acceptors (Lipinski definition) is 2. The SMILES string of the molecule is CCCCCOc1cc(C)nc2ccc(-c3c(C)cc(C)cc3C)cc12. The zero-order chi connectivity index (χ0) is 18.7. The Morgan fingerprint density at radius 3 is 2.31 bits per heavy atom. The Labute approximate surface area is 157 Å². The van der Waals surface area contributed by atoms with Crippen molar-refractivity contribution >= 4 is 10.9 Å². The molecule has 0 radical (unpaired) electrons. The molecule has 0 aliphatic heterocycles. The second-order valence-electron chi connectivity index (χ2n) is 7.32. The fourth-order valence-electron chi connectivity index (χ4n) is 3.77. The number of nitrogens with zero attached hydrogens (tertiary/aromatic N) is 1. The van der Waals surface area contributed by atoms with E-state index in [9.17, 15) is 0 Å². The topological polar surface area (TPSA) is 22.1 Å². The molecular formula is C24H29NO. The van der Waals surface area contributed by atoms with Crippen molar-refractivity contribution in [2.24, 2.45) is 0 Å². The van der Waals surface area contributed by atoms with Gasteiger partial charge >= 0.3 is 0 Å². The summed E-state index contributed by atoms with van der Waals surface area (Å²) in [5, 5.41) is 1.10. The third kappa shape index (κ3) is 3.90. The largest absolute Gasteiger partial charge is 0.493 e. The lowest BCUT2D eigenvalue weighted by atomic mass is 9.93. The highest BCUT2D eigenvalue weighted by atomic mass is 16.5. The van der Waals surface area contributed by atoms with Crippen molar-refractivity contribution in [1.82, 2.24) is 4.98 Å². The minimum absolute atomic E-state index is 0.763. The number of hydrogen-bond donors (Lipinski definition) is 0. The number of fused-ring (bicyclic) bond motifs is 1. The zero-order valence-corrected chi connectivity index (χ0v) is 16.6. The van der Waals surface area contributed by atoms with E-state index in [1.807, 2.05) is 6.92 Å². The maximum absolute atomic E-state index is 6.13. The van der Waals surface area contributed by atoms with Gasteiger partial charge in [0.1, 0.15) is 5.75 Å². The van der Waals surface area contributed by atoms with Crippen LogP contribution in [-0.2, 0) is 0 Å². The highest BCUT2D eigenvalue weighted by Gasteiger charge is 2.11. The lowest BCUT2D eigenvalue weighted by Gasteiger charge is -2.14. The zero-order valence-electron chi connectivity index (χ0n) is 16.6. The van der Waals surface area contributed by atoms with Crippen LogP contribution < -0.4 is 4.74 Å². The van der Waals surface area contributed by atoms with Crippen LogP contribution in [0.3, 0.4) is 0 Å². The molecule has 0 saturated heterocycles. The summed E-state index contributed by atoms with van der Waals surface area (Å²) in [4.78, 5) is 4.69. The molecule has 3 rings (SSSR count). The van der Waals surface area contributed by atoms with Crippen molar-refractivity contribution in [2.75, 3.05) is 6.61 Å². The van der Waals surface area contributed by atoms with E-state index in [2.05, 4.69) is 64.1 Å². The normalized spacial score (nSPS) is 11.1. The van der Waals surface area contributed by atoms with E-state index in [1.165, 1.54) is 40.7 Å². The standard InChI is InChI=1S/C24H29NO/c1-6-7-8-11-26-23-14-19(5)25-22-10-9-20(15-21(22)23)24-17(3)12-16(2)13-18(24)4/h9-10,12-15H,6-8,11H2,1-5H3. The molecule has 3 aromatic rings. The first-order valence-electron chi connectivity index (χ1n) is 9.62. The van der Waals surface area contributed by atoms with Crippen molar-refractivity contribution in [3.63, 3.8) is 0 Å². The molecule has 0 N–H and O–H groups in total. The second kappa shape index (κ2) is 7.90. The fraction of sp³-hybridized carbons (Fsp3) is 0.375. The molecular weight excluding hydrogens is 318 g/mol. The Kier molecular flexibility index (Phi) is 5.61. The third-order valence-electron chi connectivity index (χ3n) is 4.87. The molecule has 0 aliphatic rings. The van der Waals surface area contributed by atoms with Gasteiger partial charge in [-0.2, -0.15) is 0 Å². The summed E-state index contributed by atoms with van der Waals surface area (Å²) in [6, 6.07) is 13.1. The van der Waals surface area contributed by atoms with Gasteiger partial charge in [-0.1, -0.05) is 43.5 Å². The van der Waals surface area contributed by atoms with Crippen LogP contribution in [-0.4, -0.2) is 11.6 Å². The Bertz CT molecular complexity index is 904. The first kappa shape index (κ1) is 18.4. The lowest BCUT2D eigenvalue weighted by molar-refractivity contribution is 0.309. The highest BCUT2D eigenvalue weighted by molar-refractivity contribution is 5.90. The van der Waals surface area contributed by atoms with E-state index < -0.39 is 0 Å². The smallest absolute Gasteiger partial charge is 0.130 e. The first-order valence-corrected chi connectivity index (χ1v) is 9.62. The molecule has 1 heterocycles. The Morgan fingerprint density at radius 2 is 1.62 bits per heavy atom. The number of aryl methyl sites for hydroxylation is 4. The fourth-order valence-corrected chi connectivity index (χ4v) is 3.77. The van der Waals surface area contributed by atoms with Gasteiger partial charge in [0.25, 0.3) is 0 Å². The summed E-state index contributed by atoms with van der Waals surface area (Å²) in [5.74, 6) is 0.952. The summed E-state index contributed by atoms with van der Waals surface area (Å²) >= 11 is 0. The van der Waals surface area contributed by atoms with E-state index in [0.29, 0.717) is 0 Å². The number of aromatic nitrogens is 1. The van der Waals surface area contributed by atoms with Gasteiger partial charge in [-0.25, -0.2) is 0 Å². The molecule has 0 unspecified atom stereocenters. The molecule has 0 saturated carbocycles. The third-order valence-corrected chi connectivity index (χ3v) is 4.87. The molecule has 136 valence electrons. The van der Waals surface area contributed by atoms with E-state index in [1.54, 1.807) is 0 Å². The van der Waals surface area contributed by atoms with Gasteiger partial charge < -0.3 is 4.74 Å². The summed E-state index contributed by atoms with van der Waals surface area (Å²) in [6.07, 6.45) is 3.50. The lowest BCUT2D eigenvalue weighted by Crippen LogP contribution is -1.99. The van der Waals surface area contributed by atoms with Crippen LogP contribution in [0.15, 0.2) is 36.4 Å². The molecule has 2 aromatic carbocycles. The number of benzene rings is 2. The number of pyridine rings is 1. The van der Waals surface area contributed by atoms with Crippen LogP contribution in [0.2, 0.25) is 0 Å². The quantitative estimate of drug-likeness (QED) is 0.463. The second-order valence-corrected chi connectivity index (χ2v) is 7.32. The van der Waals surface area contributed by atoms with E-state index in [0.717, 1.165) is 35.4 Å². The van der Waals surface area contributed by atoms with Crippen molar-refractivity contribution < 1.29 is 4.74 Å². The Morgan fingerprint density at radius 1 is 0.885 bits per heavy atom. The van der Waals surface area contributed by atoms with Gasteiger partial charge in [-0.15, -0.1) is 0 Å². The summed E-state index contributed by atoms with van der Waals surface area (Å²) in [6.45, 7) is 11.5. The number of unbranched alkanes of at least 4 members (excludes halogenated alkanes) is 2. The molecule has 2 heteroatoms. The minimum Gasteiger partial charge on any atom is -0.493 e. The molecule has 26 heavy (non-hydrogen) atoms. The number of rotatable bonds is 6. The van der Waals surface area contributed by atoms with E-state index in [4.69, 9.17) is 9.72 Å². The van der Waals surface area contributed by atoms with Crippen LogP contribution in [0.1, 0.15) is 48.6 Å². The van der Waals surface area contributed by atoms with Crippen LogP contribution in [0.5, 0.6) is 5.75 Å². The van der Waals surface area contributed by atoms with E-state index in [-0.39, 0.29) is 0 Å². The summed E-state index contributed by atoms with van der Waals surface area (Å²) in [7, 11) is 0. The molecule has 0 aliphatic carbocycles. The Balaban J connectivity index is 2.06. The first-order chi connectivity index (χ1) is 12.5. The van der Waals surface area contributed by atoms with Crippen molar-refractivity contribution in [2.45, 2.75) is 53.9 Å².